The molecule has 0 rings (SSSR count). The number of hydrogen-bond acceptors (Lipinski definition) is 3. The number of rotatable bonds is 5. The van der Waals surface area contributed by atoms with Crippen molar-refractivity contribution in [2.24, 2.45) is 0 Å². The Morgan fingerprint density at radius 3 is 2.36 bits per heavy atom. The van der Waals surface area contributed by atoms with Gasteiger partial charge in [0.15, 0.2) is 0 Å². The van der Waals surface area contributed by atoms with E-state index in [1.165, 1.54) is 4.31 Å². The van der Waals surface area contributed by atoms with E-state index in [-0.39, 0.29) is 11.9 Å². The minimum absolute atomic E-state index is 0.0764. The first-order valence-corrected chi connectivity index (χ1v) is 5.75. The maximum Gasteiger partial charge on any atom is 0.326 e. The molecule has 0 heterocycles. The zero-order valence-corrected chi connectivity index (χ0v) is 10.6. The summed E-state index contributed by atoms with van der Waals surface area (Å²) in [5, 5.41) is -0.594. The molecule has 0 saturated heterocycles. The van der Waals surface area contributed by atoms with Crippen molar-refractivity contribution >= 4 is 46.8 Å². The van der Waals surface area contributed by atoms with Gasteiger partial charge in [0.2, 0.25) is 0 Å². The number of hydrogen-bond donors (Lipinski definition) is 0. The summed E-state index contributed by atoms with van der Waals surface area (Å²) in [6, 6.07) is -0.0764. The van der Waals surface area contributed by atoms with E-state index in [4.69, 9.17) is 23.2 Å². The van der Waals surface area contributed by atoms with E-state index in [2.05, 4.69) is 0 Å². The third-order valence-corrected chi connectivity index (χ3v) is 3.90. The Kier molecular flexibility index (Phi) is 5.86. The summed E-state index contributed by atoms with van der Waals surface area (Å²) in [6.07, 6.45) is 0.722. The monoisotopic (exact) mass is 257 g/mol. The lowest BCUT2D eigenvalue weighted by molar-refractivity contribution is -0.109. The summed E-state index contributed by atoms with van der Waals surface area (Å²) in [4.78, 5) is 21.8. The second-order valence-corrected chi connectivity index (χ2v) is 5.43. The molecule has 1 atom stereocenters. The van der Waals surface area contributed by atoms with Gasteiger partial charge in [-0.25, -0.2) is 0 Å². The van der Waals surface area contributed by atoms with Gasteiger partial charge in [0.1, 0.15) is 11.0 Å². The van der Waals surface area contributed by atoms with Gasteiger partial charge < -0.3 is 4.79 Å². The molecule has 0 saturated carbocycles. The predicted octanol–water partition coefficient (Wildman–Crippen LogP) is 2.90. The van der Waals surface area contributed by atoms with E-state index >= 15 is 0 Å². The van der Waals surface area contributed by atoms with Crippen molar-refractivity contribution in [1.82, 2.24) is 4.31 Å². The SMILES string of the molecule is CC(C)N(SC(C)(C=O)CCl)C(=O)Cl. The van der Waals surface area contributed by atoms with Crippen molar-refractivity contribution in [3.05, 3.63) is 0 Å². The lowest BCUT2D eigenvalue weighted by Crippen LogP contribution is -2.36. The van der Waals surface area contributed by atoms with Crippen LogP contribution in [0.3, 0.4) is 0 Å². The van der Waals surface area contributed by atoms with Crippen LogP contribution in [0.15, 0.2) is 0 Å². The van der Waals surface area contributed by atoms with Crippen molar-refractivity contribution in [3.63, 3.8) is 0 Å². The van der Waals surface area contributed by atoms with E-state index in [1.807, 2.05) is 13.8 Å². The zero-order chi connectivity index (χ0) is 11.4. The first kappa shape index (κ1) is 14.1. The normalized spacial score (nSPS) is 15.0. The molecule has 14 heavy (non-hydrogen) atoms. The number of amides is 1. The minimum atomic E-state index is -0.809. The van der Waals surface area contributed by atoms with E-state index in [9.17, 15) is 9.59 Å². The molecule has 0 aromatic carbocycles. The minimum Gasteiger partial charge on any atom is -0.302 e. The Hall–Kier alpha value is 0.0700. The number of carbonyl (C=O) groups excluding carboxylic acids is 2. The molecule has 0 bridgehead atoms. The standard InChI is InChI=1S/C8H13Cl2NO2S/c1-6(2)11(7(10)13)14-8(3,4-9)5-12/h5-6H,4H2,1-3H3. The predicted molar refractivity (Wildman–Crippen MR) is 61.0 cm³/mol. The van der Waals surface area contributed by atoms with E-state index in [0.29, 0.717) is 0 Å². The van der Waals surface area contributed by atoms with Gasteiger partial charge in [-0.15, -0.1) is 11.6 Å². The van der Waals surface area contributed by atoms with E-state index in [1.54, 1.807) is 6.92 Å². The molecule has 0 spiro atoms. The largest absolute Gasteiger partial charge is 0.326 e. The Labute approximate surface area is 98.2 Å². The average Bonchev–Trinajstić information content (AvgIpc) is 2.13. The van der Waals surface area contributed by atoms with Crippen LogP contribution in [0.1, 0.15) is 20.8 Å². The average molecular weight is 258 g/mol. The summed E-state index contributed by atoms with van der Waals surface area (Å²) in [5.41, 5.74) is 0. The number of alkyl halides is 1. The molecule has 0 aliphatic rings. The molecule has 0 N–H and O–H groups in total. The molecule has 0 aromatic rings. The number of carbonyl (C=O) groups is 2. The summed E-state index contributed by atoms with van der Waals surface area (Å²) in [7, 11) is 0. The van der Waals surface area contributed by atoms with Crippen molar-refractivity contribution < 1.29 is 9.59 Å². The Morgan fingerprint density at radius 1 is 1.64 bits per heavy atom. The molecule has 0 aromatic heterocycles. The highest BCUT2D eigenvalue weighted by atomic mass is 35.5. The highest BCUT2D eigenvalue weighted by Crippen LogP contribution is 2.30. The molecule has 0 aliphatic carbocycles. The molecular weight excluding hydrogens is 245 g/mol. The van der Waals surface area contributed by atoms with Crippen LogP contribution in [0.2, 0.25) is 0 Å². The highest BCUT2D eigenvalue weighted by Gasteiger charge is 2.30. The van der Waals surface area contributed by atoms with Gasteiger partial charge in [-0.2, -0.15) is 0 Å². The lowest BCUT2D eigenvalue weighted by atomic mass is 10.2. The van der Waals surface area contributed by atoms with Gasteiger partial charge >= 0.3 is 5.37 Å². The van der Waals surface area contributed by atoms with Crippen LogP contribution in [0, 0.1) is 0 Å². The number of aldehydes is 1. The van der Waals surface area contributed by atoms with E-state index < -0.39 is 10.1 Å². The molecule has 0 fully saturated rings. The lowest BCUT2D eigenvalue weighted by Gasteiger charge is -2.29. The molecular formula is C8H13Cl2NO2S. The first-order chi connectivity index (χ1) is 6.36. The first-order valence-electron chi connectivity index (χ1n) is 4.06. The number of nitrogens with zero attached hydrogens (tertiary/aromatic N) is 1. The second kappa shape index (κ2) is 5.83. The Bertz CT molecular complexity index is 225. The molecule has 3 nitrogen and oxygen atoms in total. The second-order valence-electron chi connectivity index (χ2n) is 3.33. The molecule has 6 heteroatoms. The van der Waals surface area contributed by atoms with Crippen molar-refractivity contribution in [1.29, 1.82) is 0 Å². The molecule has 0 radical (unpaired) electrons. The smallest absolute Gasteiger partial charge is 0.302 e. The van der Waals surface area contributed by atoms with Gasteiger partial charge in [-0.1, -0.05) is 0 Å². The Morgan fingerprint density at radius 2 is 2.14 bits per heavy atom. The Balaban J connectivity index is 4.58. The van der Waals surface area contributed by atoms with Gasteiger partial charge in [0.05, 0.1) is 0 Å². The van der Waals surface area contributed by atoms with Crippen LogP contribution in [-0.4, -0.2) is 32.6 Å². The van der Waals surface area contributed by atoms with E-state index in [0.717, 1.165) is 18.2 Å². The highest BCUT2D eigenvalue weighted by molar-refractivity contribution is 7.99. The van der Waals surface area contributed by atoms with Crippen LogP contribution in [0.5, 0.6) is 0 Å². The molecule has 0 aliphatic heterocycles. The van der Waals surface area contributed by atoms with Gasteiger partial charge in [-0.3, -0.25) is 9.10 Å². The fourth-order valence-electron chi connectivity index (χ4n) is 0.646. The van der Waals surface area contributed by atoms with Crippen molar-refractivity contribution in [3.8, 4) is 0 Å². The zero-order valence-electron chi connectivity index (χ0n) is 8.29. The van der Waals surface area contributed by atoms with Crippen LogP contribution in [0.25, 0.3) is 0 Å². The quantitative estimate of drug-likeness (QED) is 0.250. The fourth-order valence-corrected chi connectivity index (χ4v) is 1.98. The maximum atomic E-state index is 11.0. The topological polar surface area (TPSA) is 37.4 Å². The van der Waals surface area contributed by atoms with Crippen LogP contribution in [-0.2, 0) is 4.79 Å². The summed E-state index contributed by atoms with van der Waals surface area (Å²) < 4.78 is 0.523. The van der Waals surface area contributed by atoms with Gasteiger partial charge in [0, 0.05) is 11.9 Å². The maximum absolute atomic E-state index is 11.0. The summed E-state index contributed by atoms with van der Waals surface area (Å²) >= 11 is 12.1. The van der Waals surface area contributed by atoms with Crippen molar-refractivity contribution in [2.75, 3.05) is 5.88 Å². The third-order valence-electron chi connectivity index (χ3n) is 1.46. The molecule has 1 unspecified atom stereocenters. The third kappa shape index (κ3) is 4.07. The van der Waals surface area contributed by atoms with Crippen LogP contribution in [0.4, 0.5) is 4.79 Å². The number of halogens is 2. The van der Waals surface area contributed by atoms with Crippen LogP contribution >= 0.6 is 35.1 Å². The van der Waals surface area contributed by atoms with Crippen molar-refractivity contribution in [2.45, 2.75) is 31.6 Å². The molecule has 1 amide bonds. The summed E-state index contributed by atoms with van der Waals surface area (Å²) in [6.45, 7) is 5.28. The van der Waals surface area contributed by atoms with Gasteiger partial charge in [-0.05, 0) is 44.3 Å². The molecule has 82 valence electrons. The van der Waals surface area contributed by atoms with Crippen LogP contribution < -0.4 is 0 Å². The fraction of sp³-hybridized carbons (Fsp3) is 0.750. The van der Waals surface area contributed by atoms with Gasteiger partial charge in [0.25, 0.3) is 0 Å². The summed E-state index contributed by atoms with van der Waals surface area (Å²) in [5.74, 6) is 0.133.